The highest BCUT2D eigenvalue weighted by Gasteiger charge is 2.02. The largest absolute Gasteiger partial charge is 0.318 e. The van der Waals surface area contributed by atoms with Gasteiger partial charge in [0, 0.05) is 7.05 Å². The summed E-state index contributed by atoms with van der Waals surface area (Å²) in [5, 5.41) is 11.4. The third kappa shape index (κ3) is 2.65. The molecule has 1 aromatic heterocycles. The van der Waals surface area contributed by atoms with Crippen molar-refractivity contribution in [2.24, 2.45) is 17.3 Å². The Hall–Kier alpha value is -2.72. The molecule has 0 fully saturated rings. The van der Waals surface area contributed by atoms with Gasteiger partial charge in [0.2, 0.25) is 4.80 Å². The highest BCUT2D eigenvalue weighted by atomic mass is 32.1. The Balaban J connectivity index is 1.76. The van der Waals surface area contributed by atoms with Gasteiger partial charge in [-0.2, -0.15) is 5.10 Å². The minimum Gasteiger partial charge on any atom is -0.318 e. The molecule has 24 heavy (non-hydrogen) atoms. The summed E-state index contributed by atoms with van der Waals surface area (Å²) < 4.78 is 3.30. The molecule has 4 heteroatoms. The van der Waals surface area contributed by atoms with Crippen LogP contribution in [-0.2, 0) is 7.05 Å². The smallest absolute Gasteiger partial charge is 0.211 e. The van der Waals surface area contributed by atoms with Crippen LogP contribution < -0.4 is 4.80 Å². The van der Waals surface area contributed by atoms with E-state index >= 15 is 0 Å². The van der Waals surface area contributed by atoms with Gasteiger partial charge >= 0.3 is 0 Å². The summed E-state index contributed by atoms with van der Waals surface area (Å²) >= 11 is 1.65. The Kier molecular flexibility index (Phi) is 3.75. The lowest BCUT2D eigenvalue weighted by Gasteiger charge is -2.02. The van der Waals surface area contributed by atoms with Gasteiger partial charge in [-0.05, 0) is 41.5 Å². The maximum atomic E-state index is 4.47. The van der Waals surface area contributed by atoms with Gasteiger partial charge in [-0.15, -0.1) is 5.10 Å². The molecule has 0 saturated carbocycles. The van der Waals surface area contributed by atoms with Gasteiger partial charge in [0.25, 0.3) is 0 Å². The molecule has 0 atom stereocenters. The number of fused-ring (bicyclic) bond motifs is 2. The number of para-hydroxylation sites is 1. The van der Waals surface area contributed by atoms with E-state index in [2.05, 4.69) is 69.4 Å². The minimum atomic E-state index is 0.899. The maximum Gasteiger partial charge on any atom is 0.211 e. The zero-order valence-corrected chi connectivity index (χ0v) is 14.4. The van der Waals surface area contributed by atoms with Crippen molar-refractivity contribution in [1.82, 2.24) is 4.57 Å². The molecule has 0 spiro atoms. The molecule has 0 bridgehead atoms. The predicted molar refractivity (Wildman–Crippen MR) is 103 cm³/mol. The number of hydrogen-bond donors (Lipinski definition) is 0. The summed E-state index contributed by atoms with van der Waals surface area (Å²) in [5.74, 6) is 0. The van der Waals surface area contributed by atoms with Crippen LogP contribution in [0.1, 0.15) is 12.5 Å². The van der Waals surface area contributed by atoms with Crippen molar-refractivity contribution < 1.29 is 0 Å². The van der Waals surface area contributed by atoms with Crippen LogP contribution in [0.3, 0.4) is 0 Å². The first-order chi connectivity index (χ1) is 11.7. The monoisotopic (exact) mass is 331 g/mol. The van der Waals surface area contributed by atoms with Crippen LogP contribution >= 0.6 is 11.3 Å². The third-order valence-corrected chi connectivity index (χ3v) is 5.27. The molecule has 3 nitrogen and oxygen atoms in total. The van der Waals surface area contributed by atoms with Gasteiger partial charge in [-0.3, -0.25) is 0 Å². The molecule has 0 aliphatic rings. The van der Waals surface area contributed by atoms with Gasteiger partial charge in [-0.1, -0.05) is 59.9 Å². The van der Waals surface area contributed by atoms with Crippen molar-refractivity contribution in [2.45, 2.75) is 6.92 Å². The molecule has 0 N–H and O–H groups in total. The van der Waals surface area contributed by atoms with E-state index < -0.39 is 0 Å². The second-order valence-corrected chi connectivity index (χ2v) is 6.77. The van der Waals surface area contributed by atoms with Crippen molar-refractivity contribution in [3.63, 3.8) is 0 Å². The molecule has 4 rings (SSSR count). The highest BCUT2D eigenvalue weighted by molar-refractivity contribution is 7.16. The van der Waals surface area contributed by atoms with Crippen molar-refractivity contribution in [1.29, 1.82) is 0 Å². The minimum absolute atomic E-state index is 0.899. The van der Waals surface area contributed by atoms with Crippen molar-refractivity contribution in [3.05, 3.63) is 77.1 Å². The summed E-state index contributed by atoms with van der Waals surface area (Å²) in [5.41, 5.74) is 3.19. The lowest BCUT2D eigenvalue weighted by molar-refractivity contribution is 0.888. The van der Waals surface area contributed by atoms with Crippen LogP contribution in [0.25, 0.3) is 21.0 Å². The Morgan fingerprint density at radius 1 is 0.917 bits per heavy atom. The number of nitrogens with zero attached hydrogens (tertiary/aromatic N) is 3. The van der Waals surface area contributed by atoms with Gasteiger partial charge in [0.1, 0.15) is 0 Å². The number of thiazole rings is 1. The lowest BCUT2D eigenvalue weighted by Crippen LogP contribution is -2.09. The van der Waals surface area contributed by atoms with Gasteiger partial charge < -0.3 is 4.57 Å². The molecule has 0 radical (unpaired) electrons. The van der Waals surface area contributed by atoms with Crippen LogP contribution in [0, 0.1) is 0 Å². The topological polar surface area (TPSA) is 29.6 Å². The SMILES string of the molecule is C/C(=N/N=c1/sc2ccccc2n1C)c1ccc2ccccc2c1. The maximum absolute atomic E-state index is 4.47. The number of aromatic nitrogens is 1. The van der Waals surface area contributed by atoms with E-state index in [9.17, 15) is 0 Å². The molecule has 0 saturated heterocycles. The molecule has 0 aliphatic carbocycles. The third-order valence-electron chi connectivity index (χ3n) is 4.17. The predicted octanol–water partition coefficient (Wildman–Crippen LogP) is 4.72. The first-order valence-electron chi connectivity index (χ1n) is 7.84. The van der Waals surface area contributed by atoms with Crippen molar-refractivity contribution in [2.75, 3.05) is 0 Å². The van der Waals surface area contributed by atoms with Crippen LogP contribution in [0.15, 0.2) is 76.9 Å². The molecule has 118 valence electrons. The van der Waals surface area contributed by atoms with E-state index in [-0.39, 0.29) is 0 Å². The Labute approximate surface area is 144 Å². The lowest BCUT2D eigenvalue weighted by atomic mass is 10.0. The number of rotatable bonds is 2. The molecule has 0 aliphatic heterocycles. The summed E-state index contributed by atoms with van der Waals surface area (Å²) in [7, 11) is 2.03. The van der Waals surface area contributed by atoms with Gasteiger partial charge in [0.05, 0.1) is 15.9 Å². The van der Waals surface area contributed by atoms with Crippen LogP contribution in [0.2, 0.25) is 0 Å². The van der Waals surface area contributed by atoms with Gasteiger partial charge in [0.15, 0.2) is 0 Å². The van der Waals surface area contributed by atoms with Crippen LogP contribution in [0.4, 0.5) is 0 Å². The van der Waals surface area contributed by atoms with Gasteiger partial charge in [-0.25, -0.2) is 0 Å². The van der Waals surface area contributed by atoms with E-state index in [0.717, 1.165) is 16.1 Å². The Morgan fingerprint density at radius 2 is 1.67 bits per heavy atom. The first-order valence-corrected chi connectivity index (χ1v) is 8.66. The second kappa shape index (κ2) is 6.06. The summed E-state index contributed by atoms with van der Waals surface area (Å²) in [6.07, 6.45) is 0. The highest BCUT2D eigenvalue weighted by Crippen LogP contribution is 2.17. The molecular weight excluding hydrogens is 314 g/mol. The average Bonchev–Trinajstić information content (AvgIpc) is 2.95. The fourth-order valence-electron chi connectivity index (χ4n) is 2.77. The zero-order valence-electron chi connectivity index (χ0n) is 13.6. The summed E-state index contributed by atoms with van der Waals surface area (Å²) in [4.78, 5) is 0.899. The Bertz CT molecular complexity index is 1130. The van der Waals surface area contributed by atoms with Crippen LogP contribution in [-0.4, -0.2) is 10.3 Å². The summed E-state index contributed by atoms with van der Waals surface area (Å²) in [6, 6.07) is 23.0. The Morgan fingerprint density at radius 3 is 2.50 bits per heavy atom. The van der Waals surface area contributed by atoms with E-state index in [4.69, 9.17) is 0 Å². The second-order valence-electron chi connectivity index (χ2n) is 5.76. The molecule has 1 heterocycles. The molecular formula is C20H17N3S. The fraction of sp³-hybridized carbons (Fsp3) is 0.100. The van der Waals surface area contributed by atoms with E-state index in [1.165, 1.54) is 21.0 Å². The van der Waals surface area contributed by atoms with E-state index in [1.54, 1.807) is 11.3 Å². The molecule has 0 unspecified atom stereocenters. The zero-order chi connectivity index (χ0) is 16.5. The average molecular weight is 331 g/mol. The fourth-order valence-corrected chi connectivity index (χ4v) is 3.74. The van der Waals surface area contributed by atoms with Crippen molar-refractivity contribution in [3.8, 4) is 0 Å². The quantitative estimate of drug-likeness (QED) is 0.376. The van der Waals surface area contributed by atoms with Crippen molar-refractivity contribution >= 4 is 38.0 Å². The standard InChI is InChI=1S/C20H17N3S/c1-14(16-12-11-15-7-3-4-8-17(15)13-16)21-22-20-23(2)18-9-5-6-10-19(18)24-20/h3-13H,1-2H3/b21-14-,22-20+. The normalized spacial score (nSPS) is 13.1. The molecule has 3 aromatic carbocycles. The van der Waals surface area contributed by atoms with Crippen LogP contribution in [0.5, 0.6) is 0 Å². The number of hydrogen-bond acceptors (Lipinski definition) is 3. The van der Waals surface area contributed by atoms with E-state index in [1.807, 2.05) is 26.1 Å². The molecule has 0 amide bonds. The number of aryl methyl sites for hydroxylation is 1. The molecule has 4 aromatic rings. The number of benzene rings is 3. The summed E-state index contributed by atoms with van der Waals surface area (Å²) in [6.45, 7) is 2.00. The first kappa shape index (κ1) is 14.8. The van der Waals surface area contributed by atoms with E-state index in [0.29, 0.717) is 0 Å².